The molecule has 0 unspecified atom stereocenters. The van der Waals surface area contributed by atoms with Gasteiger partial charge in [-0.2, -0.15) is 8.42 Å². The van der Waals surface area contributed by atoms with Gasteiger partial charge in [0.1, 0.15) is 17.3 Å². The van der Waals surface area contributed by atoms with Crippen LogP contribution in [0.2, 0.25) is 0 Å². The molecule has 0 saturated heterocycles. The highest BCUT2D eigenvalue weighted by atomic mass is 32.2. The van der Waals surface area contributed by atoms with Gasteiger partial charge in [-0.15, -0.1) is 0 Å². The molecule has 2 rings (SSSR count). The van der Waals surface area contributed by atoms with E-state index in [1.807, 2.05) is 0 Å². The van der Waals surface area contributed by atoms with Crippen molar-refractivity contribution in [3.63, 3.8) is 0 Å². The van der Waals surface area contributed by atoms with E-state index in [4.69, 9.17) is 4.18 Å². The van der Waals surface area contributed by atoms with E-state index < -0.39 is 15.9 Å². The highest BCUT2D eigenvalue weighted by molar-refractivity contribution is 7.86. The second kappa shape index (κ2) is 5.18. The van der Waals surface area contributed by atoms with Crippen LogP contribution < -0.4 is 4.18 Å². The average Bonchev–Trinajstić information content (AvgIpc) is 2.32. The number of benzene rings is 2. The Morgan fingerprint density at radius 3 is 2.17 bits per heavy atom. The maximum Gasteiger partial charge on any atom is 0.313 e. The largest absolute Gasteiger partial charge is 0.382 e. The summed E-state index contributed by atoms with van der Waals surface area (Å²) in [5, 5.41) is 0. The van der Waals surface area contributed by atoms with Crippen LogP contribution in [0.4, 0.5) is 4.39 Å². The van der Waals surface area contributed by atoms with E-state index in [1.54, 1.807) is 30.3 Å². The SMILES string of the molecule is O=S(=O)(Cc1ccc(F)cc1)Oc1ccccc1. The molecular weight excluding hydrogens is 255 g/mol. The smallest absolute Gasteiger partial charge is 0.313 e. The van der Waals surface area contributed by atoms with Crippen molar-refractivity contribution in [2.75, 3.05) is 0 Å². The van der Waals surface area contributed by atoms with Crippen molar-refractivity contribution in [3.05, 3.63) is 66.0 Å². The minimum absolute atomic E-state index is 0.264. The summed E-state index contributed by atoms with van der Waals surface area (Å²) in [4.78, 5) is 0. The van der Waals surface area contributed by atoms with E-state index in [-0.39, 0.29) is 11.5 Å². The van der Waals surface area contributed by atoms with E-state index in [0.717, 1.165) is 0 Å². The van der Waals surface area contributed by atoms with E-state index in [9.17, 15) is 12.8 Å². The van der Waals surface area contributed by atoms with Gasteiger partial charge in [0.25, 0.3) is 0 Å². The van der Waals surface area contributed by atoms with Gasteiger partial charge in [0.2, 0.25) is 0 Å². The standard InChI is InChI=1S/C13H11FO3S/c14-12-8-6-11(7-9-12)10-18(15,16)17-13-4-2-1-3-5-13/h1-9H,10H2. The van der Waals surface area contributed by atoms with Gasteiger partial charge in [0.05, 0.1) is 0 Å². The van der Waals surface area contributed by atoms with Crippen molar-refractivity contribution in [2.45, 2.75) is 5.75 Å². The van der Waals surface area contributed by atoms with Crippen LogP contribution in [0.15, 0.2) is 54.6 Å². The van der Waals surface area contributed by atoms with Gasteiger partial charge in [-0.05, 0) is 29.8 Å². The molecule has 0 radical (unpaired) electrons. The predicted octanol–water partition coefficient (Wildman–Crippen LogP) is 2.73. The first-order valence-corrected chi connectivity index (χ1v) is 6.84. The fourth-order valence-corrected chi connectivity index (χ4v) is 2.50. The first-order valence-electron chi connectivity index (χ1n) is 5.27. The van der Waals surface area contributed by atoms with Crippen LogP contribution in [0, 0.1) is 5.82 Å². The molecule has 0 fully saturated rings. The van der Waals surface area contributed by atoms with Crippen molar-refractivity contribution >= 4 is 10.1 Å². The summed E-state index contributed by atoms with van der Waals surface area (Å²) in [7, 11) is -3.72. The summed E-state index contributed by atoms with van der Waals surface area (Å²) in [6.45, 7) is 0. The van der Waals surface area contributed by atoms with Gasteiger partial charge in [0, 0.05) is 0 Å². The monoisotopic (exact) mass is 266 g/mol. The first kappa shape index (κ1) is 12.6. The zero-order valence-corrected chi connectivity index (χ0v) is 10.2. The highest BCUT2D eigenvalue weighted by Gasteiger charge is 2.13. The van der Waals surface area contributed by atoms with Crippen molar-refractivity contribution < 1.29 is 17.0 Å². The zero-order valence-electron chi connectivity index (χ0n) is 9.41. The Morgan fingerprint density at radius 2 is 1.56 bits per heavy atom. The number of halogens is 1. The molecule has 0 saturated carbocycles. The summed E-state index contributed by atoms with van der Waals surface area (Å²) >= 11 is 0. The van der Waals surface area contributed by atoms with Gasteiger partial charge >= 0.3 is 10.1 Å². The second-order valence-electron chi connectivity index (χ2n) is 3.72. The van der Waals surface area contributed by atoms with Crippen molar-refractivity contribution in [3.8, 4) is 5.75 Å². The maximum absolute atomic E-state index is 12.7. The average molecular weight is 266 g/mol. The van der Waals surface area contributed by atoms with E-state index >= 15 is 0 Å². The Hall–Kier alpha value is -1.88. The quantitative estimate of drug-likeness (QED) is 0.799. The summed E-state index contributed by atoms with van der Waals surface area (Å²) in [6.07, 6.45) is 0. The molecular formula is C13H11FO3S. The molecule has 2 aromatic rings. The second-order valence-corrected chi connectivity index (χ2v) is 5.30. The molecule has 0 amide bonds. The molecule has 2 aromatic carbocycles. The number of hydrogen-bond acceptors (Lipinski definition) is 3. The Labute approximate surface area is 105 Å². The summed E-state index contributed by atoms with van der Waals surface area (Å²) in [5.74, 6) is -0.429. The van der Waals surface area contributed by atoms with Crippen LogP contribution in [0.25, 0.3) is 0 Å². The number of hydrogen-bond donors (Lipinski definition) is 0. The summed E-state index contributed by atoms with van der Waals surface area (Å²) < 4.78 is 41.1. The van der Waals surface area contributed by atoms with Crippen LogP contribution in [0.3, 0.4) is 0 Å². The maximum atomic E-state index is 12.7. The van der Waals surface area contributed by atoms with Crippen LogP contribution in [0.5, 0.6) is 5.75 Å². The minimum atomic E-state index is -3.72. The van der Waals surface area contributed by atoms with E-state index in [2.05, 4.69) is 0 Å². The van der Waals surface area contributed by atoms with Gasteiger partial charge in [-0.1, -0.05) is 30.3 Å². The van der Waals surface area contributed by atoms with Gasteiger partial charge in [0.15, 0.2) is 0 Å². The topological polar surface area (TPSA) is 43.4 Å². The molecule has 0 aliphatic rings. The molecule has 0 aliphatic heterocycles. The molecule has 3 nitrogen and oxygen atoms in total. The third-order valence-electron chi connectivity index (χ3n) is 2.22. The van der Waals surface area contributed by atoms with E-state index in [0.29, 0.717) is 5.56 Å². The Balaban J connectivity index is 2.10. The molecule has 0 spiro atoms. The lowest BCUT2D eigenvalue weighted by Gasteiger charge is -2.06. The van der Waals surface area contributed by atoms with Gasteiger partial charge in [-0.3, -0.25) is 0 Å². The lowest BCUT2D eigenvalue weighted by atomic mass is 10.2. The third-order valence-corrected chi connectivity index (χ3v) is 3.36. The zero-order chi connectivity index (χ0) is 13.0. The minimum Gasteiger partial charge on any atom is -0.382 e. The Bertz CT molecular complexity index is 606. The molecule has 0 heterocycles. The van der Waals surface area contributed by atoms with Gasteiger partial charge in [-0.25, -0.2) is 4.39 Å². The fraction of sp³-hybridized carbons (Fsp3) is 0.0769. The molecule has 0 aliphatic carbocycles. The van der Waals surface area contributed by atoms with Crippen molar-refractivity contribution in [2.24, 2.45) is 0 Å². The van der Waals surface area contributed by atoms with Crippen molar-refractivity contribution in [1.29, 1.82) is 0 Å². The van der Waals surface area contributed by atoms with Gasteiger partial charge < -0.3 is 4.18 Å². The third kappa shape index (κ3) is 3.56. The highest BCUT2D eigenvalue weighted by Crippen LogP contribution is 2.15. The molecule has 94 valence electrons. The fourth-order valence-electron chi connectivity index (χ4n) is 1.44. The van der Waals surface area contributed by atoms with Crippen molar-refractivity contribution in [1.82, 2.24) is 0 Å². The lowest BCUT2D eigenvalue weighted by molar-refractivity contribution is 0.485. The molecule has 0 N–H and O–H groups in total. The molecule has 5 heteroatoms. The van der Waals surface area contributed by atoms with Crippen LogP contribution in [-0.2, 0) is 15.9 Å². The first-order chi connectivity index (χ1) is 8.55. The number of rotatable bonds is 4. The summed E-state index contributed by atoms with van der Waals surface area (Å²) in [6, 6.07) is 13.5. The normalized spacial score (nSPS) is 11.2. The number of para-hydroxylation sites is 1. The molecule has 0 bridgehead atoms. The Kier molecular flexibility index (Phi) is 3.62. The van der Waals surface area contributed by atoms with Crippen LogP contribution in [-0.4, -0.2) is 8.42 Å². The molecule has 0 aromatic heterocycles. The molecule has 0 atom stereocenters. The lowest BCUT2D eigenvalue weighted by Crippen LogP contribution is -2.12. The summed E-state index contributed by atoms with van der Waals surface area (Å²) in [5.41, 5.74) is 0.479. The Morgan fingerprint density at radius 1 is 0.944 bits per heavy atom. The van der Waals surface area contributed by atoms with Crippen LogP contribution in [0.1, 0.15) is 5.56 Å². The van der Waals surface area contributed by atoms with E-state index in [1.165, 1.54) is 24.3 Å². The van der Waals surface area contributed by atoms with Crippen LogP contribution >= 0.6 is 0 Å². The predicted molar refractivity (Wildman–Crippen MR) is 66.1 cm³/mol. The molecule has 18 heavy (non-hydrogen) atoms.